The van der Waals surface area contributed by atoms with E-state index >= 15 is 0 Å². The first-order valence-electron chi connectivity index (χ1n) is 9.07. The Morgan fingerprint density at radius 3 is 2.82 bits per heavy atom. The number of fused-ring (bicyclic) bond motifs is 1. The van der Waals surface area contributed by atoms with E-state index in [0.29, 0.717) is 42.5 Å². The van der Waals surface area contributed by atoms with Crippen LogP contribution in [-0.2, 0) is 17.6 Å². The summed E-state index contributed by atoms with van der Waals surface area (Å²) >= 11 is 5.89. The van der Waals surface area contributed by atoms with Crippen molar-refractivity contribution >= 4 is 23.2 Å². The summed E-state index contributed by atoms with van der Waals surface area (Å²) in [5.41, 5.74) is 2.76. The first kappa shape index (κ1) is 18.3. The zero-order valence-corrected chi connectivity index (χ0v) is 15.9. The fraction of sp³-hybridized carbons (Fsp3) is 0.190. The van der Waals surface area contributed by atoms with Crippen molar-refractivity contribution in [3.8, 4) is 11.3 Å². The van der Waals surface area contributed by atoms with Gasteiger partial charge in [0.1, 0.15) is 5.65 Å². The van der Waals surface area contributed by atoms with E-state index in [9.17, 15) is 4.79 Å². The Labute approximate surface area is 167 Å². The molecule has 28 heavy (non-hydrogen) atoms. The number of aryl methyl sites for hydroxylation is 1. The van der Waals surface area contributed by atoms with Crippen LogP contribution < -0.4 is 5.32 Å². The average Bonchev–Trinajstić information content (AvgIpc) is 3.33. The molecule has 0 radical (unpaired) electrons. The molecule has 0 fully saturated rings. The standard InChI is InChI=1S/C21H19ClN4O2/c22-16-6-4-15(5-7-16)18-13-24-21(28-18)9-8-20(27)23-11-10-17-14-26-12-2-1-3-19(26)25-17/h1-7,12-14H,8-11H2,(H,23,27). The van der Waals surface area contributed by atoms with Crippen LogP contribution >= 0.6 is 11.6 Å². The van der Waals surface area contributed by atoms with Gasteiger partial charge in [0.15, 0.2) is 11.7 Å². The maximum Gasteiger partial charge on any atom is 0.220 e. The topological polar surface area (TPSA) is 72.4 Å². The van der Waals surface area contributed by atoms with Gasteiger partial charge in [0.25, 0.3) is 0 Å². The number of carbonyl (C=O) groups excluding carboxylic acids is 1. The number of nitrogens with one attached hydrogen (secondary N) is 1. The Bertz CT molecular complexity index is 1050. The molecule has 6 nitrogen and oxygen atoms in total. The molecule has 0 aliphatic rings. The van der Waals surface area contributed by atoms with E-state index in [1.807, 2.05) is 47.1 Å². The molecule has 3 aromatic heterocycles. The molecule has 4 rings (SSSR count). The van der Waals surface area contributed by atoms with Crippen molar-refractivity contribution in [3.63, 3.8) is 0 Å². The van der Waals surface area contributed by atoms with Crippen molar-refractivity contribution in [2.75, 3.05) is 6.54 Å². The van der Waals surface area contributed by atoms with Crippen LogP contribution in [0.15, 0.2) is 65.5 Å². The maximum absolute atomic E-state index is 12.1. The lowest BCUT2D eigenvalue weighted by atomic mass is 10.2. The third-order valence-electron chi connectivity index (χ3n) is 4.37. The third kappa shape index (κ3) is 4.40. The summed E-state index contributed by atoms with van der Waals surface area (Å²) in [5.74, 6) is 1.18. The zero-order chi connectivity index (χ0) is 19.3. The minimum Gasteiger partial charge on any atom is -0.441 e. The normalized spacial score (nSPS) is 11.0. The van der Waals surface area contributed by atoms with Crippen LogP contribution in [0.25, 0.3) is 17.0 Å². The van der Waals surface area contributed by atoms with Gasteiger partial charge in [-0.15, -0.1) is 0 Å². The van der Waals surface area contributed by atoms with Gasteiger partial charge < -0.3 is 14.1 Å². The fourth-order valence-corrected chi connectivity index (χ4v) is 3.05. The van der Waals surface area contributed by atoms with Crippen LogP contribution in [0, 0.1) is 0 Å². The van der Waals surface area contributed by atoms with Crippen molar-refractivity contribution < 1.29 is 9.21 Å². The molecule has 1 aromatic carbocycles. The summed E-state index contributed by atoms with van der Waals surface area (Å²) in [5, 5.41) is 3.59. The largest absolute Gasteiger partial charge is 0.441 e. The number of aromatic nitrogens is 3. The van der Waals surface area contributed by atoms with Crippen molar-refractivity contribution in [1.82, 2.24) is 19.7 Å². The number of hydrogen-bond acceptors (Lipinski definition) is 4. The number of hydrogen-bond donors (Lipinski definition) is 1. The van der Waals surface area contributed by atoms with Gasteiger partial charge in [0, 0.05) is 48.8 Å². The van der Waals surface area contributed by atoms with E-state index in [-0.39, 0.29) is 5.91 Å². The van der Waals surface area contributed by atoms with Crippen LogP contribution in [0.4, 0.5) is 0 Å². The smallest absolute Gasteiger partial charge is 0.220 e. The maximum atomic E-state index is 12.1. The molecule has 0 bridgehead atoms. The number of oxazole rings is 1. The highest BCUT2D eigenvalue weighted by Gasteiger charge is 2.09. The number of rotatable bonds is 7. The van der Waals surface area contributed by atoms with Crippen molar-refractivity contribution in [2.45, 2.75) is 19.3 Å². The highest BCUT2D eigenvalue weighted by molar-refractivity contribution is 6.30. The van der Waals surface area contributed by atoms with E-state index in [1.165, 1.54) is 0 Å². The first-order chi connectivity index (χ1) is 13.7. The Hall–Kier alpha value is -3.12. The highest BCUT2D eigenvalue weighted by Crippen LogP contribution is 2.22. The number of imidazole rings is 1. The molecule has 0 aliphatic carbocycles. The third-order valence-corrected chi connectivity index (χ3v) is 4.62. The van der Waals surface area contributed by atoms with Crippen LogP contribution in [0.2, 0.25) is 5.02 Å². The monoisotopic (exact) mass is 394 g/mol. The summed E-state index contributed by atoms with van der Waals surface area (Å²) in [4.78, 5) is 20.8. The lowest BCUT2D eigenvalue weighted by molar-refractivity contribution is -0.121. The van der Waals surface area contributed by atoms with E-state index < -0.39 is 0 Å². The summed E-state index contributed by atoms with van der Waals surface area (Å²) in [6.45, 7) is 0.546. The second-order valence-corrected chi connectivity index (χ2v) is 6.86. The molecule has 142 valence electrons. The number of amides is 1. The minimum absolute atomic E-state index is 0.0324. The quantitative estimate of drug-likeness (QED) is 0.515. The summed E-state index contributed by atoms with van der Waals surface area (Å²) in [7, 11) is 0. The second kappa shape index (κ2) is 8.27. The Balaban J connectivity index is 1.24. The Morgan fingerprint density at radius 2 is 2.00 bits per heavy atom. The van der Waals surface area contributed by atoms with Crippen LogP contribution in [-0.4, -0.2) is 26.8 Å². The number of benzene rings is 1. The summed E-state index contributed by atoms with van der Waals surface area (Å²) < 4.78 is 7.69. The van der Waals surface area contributed by atoms with E-state index in [4.69, 9.17) is 16.0 Å². The van der Waals surface area contributed by atoms with Gasteiger partial charge in [-0.2, -0.15) is 0 Å². The molecule has 0 atom stereocenters. The Kier molecular flexibility index (Phi) is 5.39. The van der Waals surface area contributed by atoms with Crippen molar-refractivity contribution in [3.05, 3.63) is 77.7 Å². The predicted molar refractivity (Wildman–Crippen MR) is 107 cm³/mol. The molecule has 0 spiro atoms. The zero-order valence-electron chi connectivity index (χ0n) is 15.1. The lowest BCUT2D eigenvalue weighted by Gasteiger charge is -2.02. The number of halogens is 1. The number of carbonyl (C=O) groups is 1. The van der Waals surface area contributed by atoms with Gasteiger partial charge in [0.2, 0.25) is 5.91 Å². The van der Waals surface area contributed by atoms with Gasteiger partial charge in [0.05, 0.1) is 11.9 Å². The van der Waals surface area contributed by atoms with Crippen LogP contribution in [0.5, 0.6) is 0 Å². The van der Waals surface area contributed by atoms with Gasteiger partial charge in [-0.25, -0.2) is 9.97 Å². The van der Waals surface area contributed by atoms with E-state index in [1.54, 1.807) is 18.3 Å². The minimum atomic E-state index is -0.0324. The van der Waals surface area contributed by atoms with E-state index in [0.717, 1.165) is 16.9 Å². The molecule has 0 saturated carbocycles. The molecule has 0 aliphatic heterocycles. The highest BCUT2D eigenvalue weighted by atomic mass is 35.5. The van der Waals surface area contributed by atoms with Crippen LogP contribution in [0.3, 0.4) is 0 Å². The molecule has 4 aromatic rings. The van der Waals surface area contributed by atoms with Gasteiger partial charge in [-0.05, 0) is 36.4 Å². The Morgan fingerprint density at radius 1 is 1.14 bits per heavy atom. The average molecular weight is 395 g/mol. The predicted octanol–water partition coefficient (Wildman–Crippen LogP) is 3.93. The molecule has 1 N–H and O–H groups in total. The molecular formula is C21H19ClN4O2. The molecule has 0 unspecified atom stereocenters. The molecule has 1 amide bonds. The van der Waals surface area contributed by atoms with Crippen molar-refractivity contribution in [2.24, 2.45) is 0 Å². The first-order valence-corrected chi connectivity index (χ1v) is 9.45. The number of nitrogens with zero attached hydrogens (tertiary/aromatic N) is 3. The molecule has 3 heterocycles. The van der Waals surface area contributed by atoms with E-state index in [2.05, 4.69) is 15.3 Å². The second-order valence-electron chi connectivity index (χ2n) is 6.42. The summed E-state index contributed by atoms with van der Waals surface area (Å²) in [6, 6.07) is 13.2. The van der Waals surface area contributed by atoms with Gasteiger partial charge >= 0.3 is 0 Å². The number of pyridine rings is 1. The molecular weight excluding hydrogens is 376 g/mol. The lowest BCUT2D eigenvalue weighted by Crippen LogP contribution is -2.26. The SMILES string of the molecule is O=C(CCc1ncc(-c2ccc(Cl)cc2)o1)NCCc1cn2ccccc2n1. The molecule has 7 heteroatoms. The molecule has 0 saturated heterocycles. The van der Waals surface area contributed by atoms with Crippen molar-refractivity contribution in [1.29, 1.82) is 0 Å². The van der Waals surface area contributed by atoms with Gasteiger partial charge in [-0.3, -0.25) is 4.79 Å². The van der Waals surface area contributed by atoms with Gasteiger partial charge in [-0.1, -0.05) is 17.7 Å². The fourth-order valence-electron chi connectivity index (χ4n) is 2.92. The summed E-state index contributed by atoms with van der Waals surface area (Å²) in [6.07, 6.45) is 7.07. The van der Waals surface area contributed by atoms with Crippen LogP contribution in [0.1, 0.15) is 18.0 Å².